The first-order valence-corrected chi connectivity index (χ1v) is 12.3. The molecule has 3 atom stereocenters. The number of aromatic nitrogens is 1. The lowest BCUT2D eigenvalue weighted by Crippen LogP contribution is -2.36. The van der Waals surface area contributed by atoms with Crippen molar-refractivity contribution in [2.75, 3.05) is 19.3 Å². The zero-order valence-electron chi connectivity index (χ0n) is 17.2. The lowest BCUT2D eigenvalue weighted by atomic mass is 9.97. The first-order valence-electron chi connectivity index (χ1n) is 10.4. The number of pyridine rings is 1. The van der Waals surface area contributed by atoms with Crippen LogP contribution in [0, 0.1) is 17.6 Å². The molecule has 9 heteroatoms. The Hall–Kier alpha value is -2.39. The smallest absolute Gasteiger partial charge is 0.226 e. The Morgan fingerprint density at radius 2 is 1.90 bits per heavy atom. The molecular formula is C22H25F2N3O3S. The van der Waals surface area contributed by atoms with E-state index in [2.05, 4.69) is 9.71 Å². The van der Waals surface area contributed by atoms with E-state index in [-0.39, 0.29) is 29.3 Å². The van der Waals surface area contributed by atoms with E-state index in [0.29, 0.717) is 43.5 Å². The minimum Gasteiger partial charge on any atom is -0.342 e. The molecule has 31 heavy (non-hydrogen) atoms. The Morgan fingerprint density at radius 3 is 2.61 bits per heavy atom. The van der Waals surface area contributed by atoms with E-state index in [0.717, 1.165) is 12.7 Å². The molecule has 1 amide bonds. The maximum atomic E-state index is 14.4. The number of benzene rings is 1. The molecule has 2 aromatic rings. The molecule has 2 heterocycles. The van der Waals surface area contributed by atoms with Crippen molar-refractivity contribution < 1.29 is 22.0 Å². The molecule has 1 saturated heterocycles. The fourth-order valence-electron chi connectivity index (χ4n) is 4.47. The summed E-state index contributed by atoms with van der Waals surface area (Å²) >= 11 is 0. The molecule has 1 aliphatic heterocycles. The molecular weight excluding hydrogens is 424 g/mol. The third-order valence-corrected chi connectivity index (χ3v) is 6.77. The van der Waals surface area contributed by atoms with Gasteiger partial charge in [0.05, 0.1) is 11.8 Å². The second kappa shape index (κ2) is 8.63. The maximum absolute atomic E-state index is 14.4. The van der Waals surface area contributed by atoms with Gasteiger partial charge < -0.3 is 4.90 Å². The third kappa shape index (κ3) is 4.93. The van der Waals surface area contributed by atoms with Crippen molar-refractivity contribution in [3.05, 3.63) is 53.9 Å². The summed E-state index contributed by atoms with van der Waals surface area (Å²) < 4.78 is 54.3. The molecule has 0 radical (unpaired) electrons. The maximum Gasteiger partial charge on any atom is 0.226 e. The Morgan fingerprint density at radius 1 is 1.16 bits per heavy atom. The normalized spacial score (nSPS) is 24.0. The quantitative estimate of drug-likeness (QED) is 0.761. The van der Waals surface area contributed by atoms with Crippen molar-refractivity contribution in [1.82, 2.24) is 14.6 Å². The number of hydrogen-bond acceptors (Lipinski definition) is 4. The van der Waals surface area contributed by atoms with Gasteiger partial charge in [-0.25, -0.2) is 21.9 Å². The number of rotatable bonds is 5. The summed E-state index contributed by atoms with van der Waals surface area (Å²) in [5, 5.41) is 0. The minimum atomic E-state index is -3.29. The Kier molecular flexibility index (Phi) is 6.07. The van der Waals surface area contributed by atoms with Crippen LogP contribution in [0.4, 0.5) is 8.78 Å². The van der Waals surface area contributed by atoms with Crippen LogP contribution in [0.25, 0.3) is 11.1 Å². The summed E-state index contributed by atoms with van der Waals surface area (Å²) in [5.41, 5.74) is 1.01. The lowest BCUT2D eigenvalue weighted by Gasteiger charge is -2.21. The van der Waals surface area contributed by atoms with Crippen molar-refractivity contribution in [1.29, 1.82) is 0 Å². The van der Waals surface area contributed by atoms with Crippen LogP contribution in [-0.4, -0.2) is 49.6 Å². The first kappa shape index (κ1) is 21.8. The molecule has 1 N–H and O–H groups in total. The summed E-state index contributed by atoms with van der Waals surface area (Å²) in [4.78, 5) is 19.0. The number of nitrogens with zero attached hydrogens (tertiary/aromatic N) is 2. The van der Waals surface area contributed by atoms with Gasteiger partial charge in [-0.3, -0.25) is 9.78 Å². The van der Waals surface area contributed by atoms with Gasteiger partial charge in [0.25, 0.3) is 0 Å². The zero-order valence-corrected chi connectivity index (χ0v) is 18.0. The largest absolute Gasteiger partial charge is 0.342 e. The molecule has 1 aliphatic carbocycles. The van der Waals surface area contributed by atoms with Crippen LogP contribution >= 0.6 is 0 Å². The molecule has 1 saturated carbocycles. The molecule has 2 fully saturated rings. The lowest BCUT2D eigenvalue weighted by molar-refractivity contribution is -0.132. The summed E-state index contributed by atoms with van der Waals surface area (Å²) in [5.74, 6) is -1.67. The van der Waals surface area contributed by atoms with E-state index in [9.17, 15) is 22.0 Å². The zero-order chi connectivity index (χ0) is 22.2. The molecule has 1 aromatic heterocycles. The Balaban J connectivity index is 1.48. The summed E-state index contributed by atoms with van der Waals surface area (Å²) in [7, 11) is -3.29. The van der Waals surface area contributed by atoms with Gasteiger partial charge >= 0.3 is 0 Å². The van der Waals surface area contributed by atoms with Gasteiger partial charge in [-0.2, -0.15) is 0 Å². The van der Waals surface area contributed by atoms with Gasteiger partial charge in [-0.15, -0.1) is 0 Å². The van der Waals surface area contributed by atoms with Gasteiger partial charge in [-0.1, -0.05) is 6.07 Å². The van der Waals surface area contributed by atoms with Crippen LogP contribution in [-0.2, 0) is 14.8 Å². The van der Waals surface area contributed by atoms with Crippen molar-refractivity contribution >= 4 is 15.9 Å². The Labute approximate surface area is 180 Å². The van der Waals surface area contributed by atoms with Gasteiger partial charge in [0.1, 0.15) is 11.6 Å². The van der Waals surface area contributed by atoms with Crippen LogP contribution in [0.5, 0.6) is 0 Å². The molecule has 3 unspecified atom stereocenters. The Bertz CT molecular complexity index is 1070. The monoisotopic (exact) mass is 449 g/mol. The number of hydrogen-bond donors (Lipinski definition) is 1. The first-order chi connectivity index (χ1) is 14.7. The average Bonchev–Trinajstić information content (AvgIpc) is 3.51. The van der Waals surface area contributed by atoms with E-state index in [1.54, 1.807) is 17.2 Å². The topological polar surface area (TPSA) is 79.4 Å². The number of carbonyl (C=O) groups is 1. The highest BCUT2D eigenvalue weighted by atomic mass is 32.2. The highest BCUT2D eigenvalue weighted by molar-refractivity contribution is 7.88. The van der Waals surface area contributed by atoms with E-state index in [1.165, 1.54) is 24.4 Å². The fraction of sp³-hybridized carbons (Fsp3) is 0.455. The van der Waals surface area contributed by atoms with Gasteiger partial charge in [-0.05, 0) is 60.9 Å². The van der Waals surface area contributed by atoms with E-state index >= 15 is 0 Å². The highest BCUT2D eigenvalue weighted by Crippen LogP contribution is 2.51. The molecule has 6 nitrogen and oxygen atoms in total. The van der Waals surface area contributed by atoms with Gasteiger partial charge in [0, 0.05) is 37.4 Å². The van der Waals surface area contributed by atoms with Crippen LogP contribution < -0.4 is 4.72 Å². The van der Waals surface area contributed by atoms with Gasteiger partial charge in [0.2, 0.25) is 15.9 Å². The van der Waals surface area contributed by atoms with Crippen LogP contribution in [0.1, 0.15) is 37.2 Å². The number of nitrogens with one attached hydrogen (secondary N) is 1. The predicted octanol–water partition coefficient (Wildman–Crippen LogP) is 3.06. The number of amides is 1. The molecule has 4 rings (SSSR count). The second-order valence-electron chi connectivity index (χ2n) is 8.35. The molecule has 1 aromatic carbocycles. The highest BCUT2D eigenvalue weighted by Gasteiger charge is 2.47. The van der Waals surface area contributed by atoms with Crippen molar-refractivity contribution in [2.24, 2.45) is 5.92 Å². The summed E-state index contributed by atoms with van der Waals surface area (Å²) in [6.45, 7) is 1.06. The minimum absolute atomic E-state index is 0.00816. The standard InChI is InChI=1S/C22H25F2N3O3S/c1-31(29,30)26-14-4-3-10-27(11-8-14)22(28)17-12-16(17)18-13-25-9-7-15(18)21-19(23)5-2-6-20(21)24/h2,5-7,9,13-14,16-17,26H,3-4,8,10-12H2,1H3. The molecule has 166 valence electrons. The number of likely N-dealkylation sites (tertiary alicyclic amines) is 1. The van der Waals surface area contributed by atoms with E-state index in [1.807, 2.05) is 0 Å². The van der Waals surface area contributed by atoms with Crippen LogP contribution in [0.2, 0.25) is 0 Å². The van der Waals surface area contributed by atoms with Crippen LogP contribution in [0.15, 0.2) is 36.7 Å². The molecule has 0 bridgehead atoms. The molecule has 2 aliphatic rings. The number of halogens is 2. The predicted molar refractivity (Wildman–Crippen MR) is 113 cm³/mol. The number of carbonyl (C=O) groups excluding carboxylic acids is 1. The SMILES string of the molecule is CS(=O)(=O)NC1CCCN(C(=O)C2CC2c2cnccc2-c2c(F)cccc2F)CC1. The third-order valence-electron chi connectivity index (χ3n) is 6.01. The number of sulfonamides is 1. The van der Waals surface area contributed by atoms with E-state index in [4.69, 9.17) is 0 Å². The molecule has 0 spiro atoms. The van der Waals surface area contributed by atoms with Gasteiger partial charge in [0.15, 0.2) is 0 Å². The summed E-state index contributed by atoms with van der Waals surface area (Å²) in [6, 6.07) is 5.18. The van der Waals surface area contributed by atoms with Crippen molar-refractivity contribution in [2.45, 2.75) is 37.6 Å². The van der Waals surface area contributed by atoms with Crippen LogP contribution in [0.3, 0.4) is 0 Å². The van der Waals surface area contributed by atoms with Crippen molar-refractivity contribution in [3.63, 3.8) is 0 Å². The fourth-order valence-corrected chi connectivity index (χ4v) is 5.31. The van der Waals surface area contributed by atoms with Crippen molar-refractivity contribution in [3.8, 4) is 11.1 Å². The average molecular weight is 450 g/mol. The van der Waals surface area contributed by atoms with E-state index < -0.39 is 21.7 Å². The second-order valence-corrected chi connectivity index (χ2v) is 10.1. The summed E-state index contributed by atoms with van der Waals surface area (Å²) in [6.07, 6.45) is 6.80.